The average Bonchev–Trinajstić information content (AvgIpc) is 3.09. The molecule has 1 heterocycles. The first kappa shape index (κ1) is 23.5. The lowest BCUT2D eigenvalue weighted by Gasteiger charge is -2.11. The van der Waals surface area contributed by atoms with Gasteiger partial charge in [0.1, 0.15) is 12.4 Å². The van der Waals surface area contributed by atoms with Gasteiger partial charge in [0.05, 0.1) is 21.7 Å². The van der Waals surface area contributed by atoms with Crippen LogP contribution in [0.2, 0.25) is 5.02 Å². The Hall–Kier alpha value is -2.65. The molecule has 4 rings (SSSR count). The Kier molecular flexibility index (Phi) is 6.90. The van der Waals surface area contributed by atoms with Crippen molar-refractivity contribution in [1.29, 1.82) is 0 Å². The average molecular weight is 503 g/mol. The maximum absolute atomic E-state index is 12.8. The van der Waals surface area contributed by atoms with E-state index in [1.54, 1.807) is 22.8 Å². The molecule has 0 fully saturated rings. The first-order valence-corrected chi connectivity index (χ1v) is 13.0. The predicted octanol–water partition coefficient (Wildman–Crippen LogP) is 4.74. The Morgan fingerprint density at radius 1 is 1.03 bits per heavy atom. The Morgan fingerprint density at radius 3 is 2.55 bits per heavy atom. The van der Waals surface area contributed by atoms with Crippen molar-refractivity contribution in [2.75, 3.05) is 13.2 Å². The summed E-state index contributed by atoms with van der Waals surface area (Å²) in [6.07, 6.45) is 0. The van der Waals surface area contributed by atoms with E-state index in [0.717, 1.165) is 33.8 Å². The molecule has 0 saturated carbocycles. The lowest BCUT2D eigenvalue weighted by atomic mass is 10.1. The molecular weight excluding hydrogens is 480 g/mol. The van der Waals surface area contributed by atoms with Crippen LogP contribution in [0, 0.1) is 13.8 Å². The molecule has 3 aromatic carbocycles. The first-order valence-electron chi connectivity index (χ1n) is 10.3. The van der Waals surface area contributed by atoms with Gasteiger partial charge in [-0.2, -0.15) is 0 Å². The zero-order chi connectivity index (χ0) is 23.6. The van der Waals surface area contributed by atoms with Gasteiger partial charge in [-0.15, -0.1) is 0 Å². The van der Waals surface area contributed by atoms with Crippen LogP contribution in [-0.2, 0) is 16.6 Å². The summed E-state index contributed by atoms with van der Waals surface area (Å²) < 4.78 is 36.1. The number of aromatic nitrogens is 1. The van der Waals surface area contributed by atoms with Crippen LogP contribution in [-0.4, -0.2) is 26.1 Å². The van der Waals surface area contributed by atoms with E-state index in [4.69, 9.17) is 16.3 Å². The van der Waals surface area contributed by atoms with E-state index in [9.17, 15) is 13.2 Å². The van der Waals surface area contributed by atoms with Gasteiger partial charge in [-0.1, -0.05) is 47.2 Å². The van der Waals surface area contributed by atoms with Crippen LogP contribution in [0.15, 0.2) is 70.4 Å². The van der Waals surface area contributed by atoms with Gasteiger partial charge in [0, 0.05) is 11.6 Å². The molecule has 6 nitrogen and oxygen atoms in total. The molecule has 1 aromatic heterocycles. The Labute approximate surface area is 201 Å². The molecule has 33 heavy (non-hydrogen) atoms. The summed E-state index contributed by atoms with van der Waals surface area (Å²) in [6, 6.07) is 17.9. The number of ether oxygens (including phenoxy) is 1. The number of nitrogens with one attached hydrogen (secondary N) is 1. The molecular formula is C24H23ClN2O4S2. The molecule has 4 aromatic rings. The van der Waals surface area contributed by atoms with E-state index < -0.39 is 10.0 Å². The molecule has 0 aliphatic rings. The van der Waals surface area contributed by atoms with Crippen molar-refractivity contribution in [2.45, 2.75) is 25.3 Å². The van der Waals surface area contributed by atoms with E-state index in [1.165, 1.54) is 12.1 Å². The molecule has 172 valence electrons. The molecule has 0 aliphatic heterocycles. The number of thiazole rings is 1. The minimum atomic E-state index is -3.74. The van der Waals surface area contributed by atoms with Gasteiger partial charge in [-0.05, 0) is 66.9 Å². The molecule has 1 N–H and O–H groups in total. The second-order valence-corrected chi connectivity index (χ2v) is 10.9. The van der Waals surface area contributed by atoms with Crippen molar-refractivity contribution in [3.8, 4) is 5.75 Å². The molecule has 0 radical (unpaired) electrons. The van der Waals surface area contributed by atoms with Crippen LogP contribution < -0.4 is 14.3 Å². The summed E-state index contributed by atoms with van der Waals surface area (Å²) in [5.41, 5.74) is 3.69. The quantitative estimate of drug-likeness (QED) is 0.353. The number of hydrogen-bond donors (Lipinski definition) is 1. The van der Waals surface area contributed by atoms with Gasteiger partial charge >= 0.3 is 4.87 Å². The highest BCUT2D eigenvalue weighted by atomic mass is 35.5. The molecule has 0 bridgehead atoms. The smallest absolute Gasteiger partial charge is 0.308 e. The van der Waals surface area contributed by atoms with E-state index >= 15 is 0 Å². The third-order valence-corrected chi connectivity index (χ3v) is 7.85. The maximum Gasteiger partial charge on any atom is 0.308 e. The molecule has 0 amide bonds. The third-order valence-electron chi connectivity index (χ3n) is 5.20. The molecule has 9 heteroatoms. The molecule has 0 saturated heterocycles. The maximum atomic E-state index is 12.8. The number of sulfonamides is 1. The zero-order valence-electron chi connectivity index (χ0n) is 18.2. The first-order chi connectivity index (χ1) is 15.7. The minimum absolute atomic E-state index is 0.113. The van der Waals surface area contributed by atoms with Gasteiger partial charge in [-0.3, -0.25) is 9.36 Å². The SMILES string of the molecule is Cc1ccc(C)c(OCCNS(=O)(=O)c2ccc3c(c2)sc(=O)n3Cc2ccc(Cl)cc2)c1. The van der Waals surface area contributed by atoms with Crippen LogP contribution >= 0.6 is 22.9 Å². The van der Waals surface area contributed by atoms with Gasteiger partial charge in [0.15, 0.2) is 0 Å². The van der Waals surface area contributed by atoms with E-state index in [-0.39, 0.29) is 22.9 Å². The fourth-order valence-corrected chi connectivity index (χ4v) is 5.59. The number of nitrogens with zero attached hydrogens (tertiary/aromatic N) is 1. The van der Waals surface area contributed by atoms with Gasteiger partial charge in [0.25, 0.3) is 0 Å². The molecule has 0 atom stereocenters. The van der Waals surface area contributed by atoms with Crippen LogP contribution in [0.25, 0.3) is 10.2 Å². The van der Waals surface area contributed by atoms with Crippen LogP contribution in [0.1, 0.15) is 16.7 Å². The van der Waals surface area contributed by atoms with Crippen molar-refractivity contribution in [3.05, 3.63) is 92.0 Å². The highest BCUT2D eigenvalue weighted by Gasteiger charge is 2.17. The topological polar surface area (TPSA) is 77.4 Å². The number of benzene rings is 3. The van der Waals surface area contributed by atoms with Crippen molar-refractivity contribution >= 4 is 43.2 Å². The van der Waals surface area contributed by atoms with Crippen molar-refractivity contribution in [3.63, 3.8) is 0 Å². The molecule has 0 aliphatic carbocycles. The van der Waals surface area contributed by atoms with E-state index in [0.29, 0.717) is 21.8 Å². The monoisotopic (exact) mass is 502 g/mol. The molecule has 0 unspecified atom stereocenters. The fraction of sp³-hybridized carbons (Fsp3) is 0.208. The normalized spacial score (nSPS) is 11.7. The van der Waals surface area contributed by atoms with Crippen molar-refractivity contribution in [2.24, 2.45) is 0 Å². The summed E-state index contributed by atoms with van der Waals surface area (Å²) >= 11 is 6.96. The van der Waals surface area contributed by atoms with Gasteiger partial charge < -0.3 is 4.74 Å². The summed E-state index contributed by atoms with van der Waals surface area (Å²) in [5.74, 6) is 0.738. The second kappa shape index (κ2) is 9.69. The predicted molar refractivity (Wildman–Crippen MR) is 133 cm³/mol. The lowest BCUT2D eigenvalue weighted by Crippen LogP contribution is -2.28. The Balaban J connectivity index is 1.46. The van der Waals surface area contributed by atoms with Crippen molar-refractivity contribution < 1.29 is 13.2 Å². The number of fused-ring (bicyclic) bond motifs is 1. The standard InChI is InChI=1S/C24H23ClN2O4S2/c1-16-3-4-17(2)22(13-16)31-12-11-26-33(29,30)20-9-10-21-23(14-20)32-24(28)27(21)15-18-5-7-19(25)8-6-18/h3-10,13-14,26H,11-12,15H2,1-2H3. The zero-order valence-corrected chi connectivity index (χ0v) is 20.6. The van der Waals surface area contributed by atoms with Gasteiger partial charge in [0.2, 0.25) is 10.0 Å². The largest absolute Gasteiger partial charge is 0.492 e. The molecule has 0 spiro atoms. The second-order valence-electron chi connectivity index (χ2n) is 7.73. The minimum Gasteiger partial charge on any atom is -0.492 e. The fourth-order valence-electron chi connectivity index (χ4n) is 3.42. The van der Waals surface area contributed by atoms with Crippen molar-refractivity contribution in [1.82, 2.24) is 9.29 Å². The summed E-state index contributed by atoms with van der Waals surface area (Å²) in [5, 5.41) is 0.628. The van der Waals surface area contributed by atoms with Crippen LogP contribution in [0.3, 0.4) is 0 Å². The van der Waals surface area contributed by atoms with E-state index in [2.05, 4.69) is 4.72 Å². The Morgan fingerprint density at radius 2 is 1.79 bits per heavy atom. The summed E-state index contributed by atoms with van der Waals surface area (Å²) in [7, 11) is -3.74. The number of rotatable bonds is 8. The number of hydrogen-bond acceptors (Lipinski definition) is 5. The highest BCUT2D eigenvalue weighted by molar-refractivity contribution is 7.89. The van der Waals surface area contributed by atoms with E-state index in [1.807, 2.05) is 44.2 Å². The number of aryl methyl sites for hydroxylation is 2. The lowest BCUT2D eigenvalue weighted by molar-refractivity contribution is 0.320. The summed E-state index contributed by atoms with van der Waals surface area (Å²) in [4.78, 5) is 12.5. The van der Waals surface area contributed by atoms with Crippen LogP contribution in [0.4, 0.5) is 0 Å². The highest BCUT2D eigenvalue weighted by Crippen LogP contribution is 2.23. The van der Waals surface area contributed by atoms with Crippen LogP contribution in [0.5, 0.6) is 5.75 Å². The van der Waals surface area contributed by atoms with Gasteiger partial charge in [-0.25, -0.2) is 13.1 Å². The number of halogens is 1. The third kappa shape index (κ3) is 5.47. The Bertz CT molecular complexity index is 1460. The summed E-state index contributed by atoms with van der Waals surface area (Å²) in [6.45, 7) is 4.63.